The molecule has 0 amide bonds. The van der Waals surface area contributed by atoms with Gasteiger partial charge in [0.1, 0.15) is 11.6 Å². The van der Waals surface area contributed by atoms with Crippen molar-refractivity contribution in [2.75, 3.05) is 36.1 Å². The Morgan fingerprint density at radius 3 is 3.06 bits per heavy atom. The maximum Gasteiger partial charge on any atom is 0.149 e. The van der Waals surface area contributed by atoms with Crippen LogP contribution in [0.1, 0.15) is 26.2 Å². The molecule has 1 aromatic heterocycles. The van der Waals surface area contributed by atoms with Gasteiger partial charge in [-0.3, -0.25) is 4.98 Å². The molecule has 2 rings (SSSR count). The first kappa shape index (κ1) is 13.5. The van der Waals surface area contributed by atoms with E-state index < -0.39 is 0 Å². The minimum absolute atomic E-state index is 0.805. The fourth-order valence-electron chi connectivity index (χ4n) is 2.30. The second kappa shape index (κ2) is 6.83. The van der Waals surface area contributed by atoms with Crippen LogP contribution >= 0.6 is 11.8 Å². The van der Waals surface area contributed by atoms with E-state index >= 15 is 0 Å². The Labute approximate surface area is 114 Å². The highest BCUT2D eigenvalue weighted by Gasteiger charge is 2.17. The van der Waals surface area contributed by atoms with Crippen molar-refractivity contribution in [3.8, 4) is 0 Å². The highest BCUT2D eigenvalue weighted by Crippen LogP contribution is 2.23. The van der Waals surface area contributed by atoms with Crippen LogP contribution in [-0.4, -0.2) is 41.1 Å². The first-order valence-corrected chi connectivity index (χ1v) is 7.96. The van der Waals surface area contributed by atoms with Crippen LogP contribution in [-0.2, 0) is 0 Å². The second-order valence-corrected chi connectivity index (χ2v) is 5.71. The van der Waals surface area contributed by atoms with Crippen molar-refractivity contribution in [3.63, 3.8) is 0 Å². The zero-order valence-electron chi connectivity index (χ0n) is 11.2. The van der Waals surface area contributed by atoms with Gasteiger partial charge < -0.3 is 10.2 Å². The SMILES string of the molecule is CCNc1cncc(N2CCCC(SC)CC2)n1. The third kappa shape index (κ3) is 3.51. The van der Waals surface area contributed by atoms with E-state index in [0.29, 0.717) is 0 Å². The topological polar surface area (TPSA) is 41.1 Å². The molecular formula is C13H22N4S. The van der Waals surface area contributed by atoms with Crippen LogP contribution in [0.4, 0.5) is 11.6 Å². The highest BCUT2D eigenvalue weighted by atomic mass is 32.2. The number of hydrogen-bond acceptors (Lipinski definition) is 5. The molecular weight excluding hydrogens is 244 g/mol. The number of anilines is 2. The maximum absolute atomic E-state index is 4.62. The number of rotatable bonds is 4. The Balaban J connectivity index is 2.03. The first-order chi connectivity index (χ1) is 8.83. The van der Waals surface area contributed by atoms with Crippen molar-refractivity contribution in [3.05, 3.63) is 12.4 Å². The van der Waals surface area contributed by atoms with Crippen LogP contribution in [0.2, 0.25) is 0 Å². The number of thioether (sulfide) groups is 1. The first-order valence-electron chi connectivity index (χ1n) is 6.67. The van der Waals surface area contributed by atoms with Crippen molar-refractivity contribution in [1.29, 1.82) is 0 Å². The predicted octanol–water partition coefficient (Wildman–Crippen LogP) is 2.63. The standard InChI is InChI=1S/C13H22N4S/c1-3-15-12-9-14-10-13(16-12)17-7-4-5-11(18-2)6-8-17/h9-11H,3-8H2,1-2H3,(H,15,16). The number of aromatic nitrogens is 2. The van der Waals surface area contributed by atoms with Crippen LogP contribution in [0.5, 0.6) is 0 Å². The summed E-state index contributed by atoms with van der Waals surface area (Å²) in [6.07, 6.45) is 9.69. The van der Waals surface area contributed by atoms with Crippen LogP contribution < -0.4 is 10.2 Å². The smallest absolute Gasteiger partial charge is 0.149 e. The minimum atomic E-state index is 0.805. The maximum atomic E-state index is 4.62. The molecule has 1 unspecified atom stereocenters. The summed E-state index contributed by atoms with van der Waals surface area (Å²) in [6.45, 7) is 5.15. The van der Waals surface area contributed by atoms with Crippen molar-refractivity contribution >= 4 is 23.4 Å². The molecule has 0 bridgehead atoms. The summed E-state index contributed by atoms with van der Waals surface area (Å²) in [4.78, 5) is 11.3. The lowest BCUT2D eigenvalue weighted by molar-refractivity contribution is 0.745. The third-order valence-electron chi connectivity index (χ3n) is 3.31. The lowest BCUT2D eigenvalue weighted by Crippen LogP contribution is -2.25. The Morgan fingerprint density at radius 2 is 2.28 bits per heavy atom. The summed E-state index contributed by atoms with van der Waals surface area (Å²) in [5.74, 6) is 1.89. The monoisotopic (exact) mass is 266 g/mol. The summed E-state index contributed by atoms with van der Waals surface area (Å²) in [6, 6.07) is 0. The highest BCUT2D eigenvalue weighted by molar-refractivity contribution is 7.99. The van der Waals surface area contributed by atoms with Gasteiger partial charge in [0, 0.05) is 24.9 Å². The number of nitrogens with one attached hydrogen (secondary N) is 1. The molecule has 100 valence electrons. The van der Waals surface area contributed by atoms with Crippen molar-refractivity contribution in [2.45, 2.75) is 31.4 Å². The lowest BCUT2D eigenvalue weighted by atomic mass is 10.2. The Kier molecular flexibility index (Phi) is 5.11. The van der Waals surface area contributed by atoms with Crippen molar-refractivity contribution in [1.82, 2.24) is 9.97 Å². The fourth-order valence-corrected chi connectivity index (χ4v) is 3.05. The molecule has 1 aromatic rings. The molecule has 0 saturated carbocycles. The van der Waals surface area contributed by atoms with Gasteiger partial charge in [-0.25, -0.2) is 4.98 Å². The molecule has 1 aliphatic heterocycles. The number of nitrogens with zero attached hydrogens (tertiary/aromatic N) is 3. The van der Waals surface area contributed by atoms with Gasteiger partial charge in [-0.05, 0) is 32.4 Å². The zero-order valence-corrected chi connectivity index (χ0v) is 12.0. The van der Waals surface area contributed by atoms with E-state index in [1.54, 1.807) is 6.20 Å². The molecule has 4 nitrogen and oxygen atoms in total. The molecule has 2 heterocycles. The van der Waals surface area contributed by atoms with Gasteiger partial charge in [-0.2, -0.15) is 11.8 Å². The van der Waals surface area contributed by atoms with E-state index in [-0.39, 0.29) is 0 Å². The average Bonchev–Trinajstić information content (AvgIpc) is 2.65. The summed E-state index contributed by atoms with van der Waals surface area (Å²) in [5, 5.41) is 4.02. The van der Waals surface area contributed by atoms with Crippen LogP contribution in [0.25, 0.3) is 0 Å². The minimum Gasteiger partial charge on any atom is -0.369 e. The molecule has 1 fully saturated rings. The molecule has 5 heteroatoms. The molecule has 18 heavy (non-hydrogen) atoms. The Morgan fingerprint density at radius 1 is 1.39 bits per heavy atom. The van der Waals surface area contributed by atoms with Crippen LogP contribution in [0.15, 0.2) is 12.4 Å². The van der Waals surface area contributed by atoms with Gasteiger partial charge in [0.05, 0.1) is 12.4 Å². The van der Waals surface area contributed by atoms with Gasteiger partial charge >= 0.3 is 0 Å². The molecule has 1 N–H and O–H groups in total. The summed E-state index contributed by atoms with van der Waals surface area (Å²) in [5.41, 5.74) is 0. The molecule has 1 saturated heterocycles. The second-order valence-electron chi connectivity index (χ2n) is 4.57. The normalized spacial score (nSPS) is 20.6. The molecule has 0 aliphatic carbocycles. The van der Waals surface area contributed by atoms with E-state index in [4.69, 9.17) is 0 Å². The summed E-state index contributed by atoms with van der Waals surface area (Å²) in [7, 11) is 0. The van der Waals surface area contributed by atoms with Gasteiger partial charge in [0.25, 0.3) is 0 Å². The van der Waals surface area contributed by atoms with Crippen LogP contribution in [0, 0.1) is 0 Å². The van der Waals surface area contributed by atoms with Crippen molar-refractivity contribution < 1.29 is 0 Å². The van der Waals surface area contributed by atoms with Gasteiger partial charge in [-0.1, -0.05) is 0 Å². The quantitative estimate of drug-likeness (QED) is 0.907. The molecule has 1 atom stereocenters. The van der Waals surface area contributed by atoms with E-state index in [1.807, 2.05) is 18.0 Å². The van der Waals surface area contributed by atoms with E-state index in [2.05, 4.69) is 33.4 Å². The van der Waals surface area contributed by atoms with Crippen LogP contribution in [0.3, 0.4) is 0 Å². The van der Waals surface area contributed by atoms with Gasteiger partial charge in [-0.15, -0.1) is 0 Å². The Hall–Kier alpha value is -0.970. The van der Waals surface area contributed by atoms with Gasteiger partial charge in [0.2, 0.25) is 0 Å². The van der Waals surface area contributed by atoms with Gasteiger partial charge in [0.15, 0.2) is 0 Å². The van der Waals surface area contributed by atoms with E-state index in [1.165, 1.54) is 19.3 Å². The largest absolute Gasteiger partial charge is 0.369 e. The summed E-state index contributed by atoms with van der Waals surface area (Å²) < 4.78 is 0. The molecule has 0 radical (unpaired) electrons. The average molecular weight is 266 g/mol. The molecule has 0 aromatic carbocycles. The van der Waals surface area contributed by atoms with E-state index in [0.717, 1.165) is 36.5 Å². The fraction of sp³-hybridized carbons (Fsp3) is 0.692. The predicted molar refractivity (Wildman–Crippen MR) is 79.6 cm³/mol. The van der Waals surface area contributed by atoms with Crippen molar-refractivity contribution in [2.24, 2.45) is 0 Å². The molecule has 0 spiro atoms. The lowest BCUT2D eigenvalue weighted by Gasteiger charge is -2.21. The zero-order chi connectivity index (χ0) is 12.8. The summed E-state index contributed by atoms with van der Waals surface area (Å²) >= 11 is 1.99. The Bertz CT molecular complexity index is 372. The number of hydrogen-bond donors (Lipinski definition) is 1. The molecule has 1 aliphatic rings. The van der Waals surface area contributed by atoms with E-state index in [9.17, 15) is 0 Å². The third-order valence-corrected chi connectivity index (χ3v) is 4.45.